The van der Waals surface area contributed by atoms with Crippen LogP contribution in [0.2, 0.25) is 0 Å². The average molecular weight is 727 g/mol. The van der Waals surface area contributed by atoms with Crippen LogP contribution in [0.1, 0.15) is 77.8 Å². The zero-order chi connectivity index (χ0) is 37.6. The Morgan fingerprint density at radius 2 is 1.59 bits per heavy atom. The van der Waals surface area contributed by atoms with Crippen molar-refractivity contribution < 1.29 is 27.9 Å². The highest BCUT2D eigenvalue weighted by atomic mass is 32.2. The van der Waals surface area contributed by atoms with Crippen molar-refractivity contribution in [3.05, 3.63) is 66.0 Å². The van der Waals surface area contributed by atoms with Crippen LogP contribution in [0, 0.1) is 11.8 Å². The van der Waals surface area contributed by atoms with E-state index in [1.54, 1.807) is 31.6 Å². The predicted molar refractivity (Wildman–Crippen MR) is 198 cm³/mol. The standard InChI is InChI=1S/C38H58N6O6S/c1-37(2,3)42-34(46)31-22-28-15-11-12-16-29(28)24-44(31)25-32(45)30(21-26-13-9-8-10-14-26)40-35(47)33(38(4,5)51(7,49)50)41-36(48)43(6)23-27-17-19-39-20-18-27/h8-10,13-14,17-20,28-33,45H,11-12,15-16,21-25H2,1-7H3,(H,40,47)(H,41,48)(H,42,46). The molecule has 6 atom stereocenters. The third kappa shape index (κ3) is 11.0. The first-order valence-corrected chi connectivity index (χ1v) is 19.9. The number of benzene rings is 1. The molecule has 1 aromatic carbocycles. The maximum Gasteiger partial charge on any atom is 0.318 e. The number of likely N-dealkylation sites (tertiary alicyclic amines) is 1. The number of aliphatic hydroxyl groups is 1. The van der Waals surface area contributed by atoms with Crippen molar-refractivity contribution in [2.75, 3.05) is 26.4 Å². The van der Waals surface area contributed by atoms with Crippen molar-refractivity contribution in [1.29, 1.82) is 0 Å². The van der Waals surface area contributed by atoms with E-state index in [9.17, 15) is 27.9 Å². The van der Waals surface area contributed by atoms with Gasteiger partial charge in [0, 0.05) is 50.9 Å². The molecule has 51 heavy (non-hydrogen) atoms. The smallest absolute Gasteiger partial charge is 0.318 e. The number of hydrogen-bond acceptors (Lipinski definition) is 8. The Labute approximate surface area is 304 Å². The summed E-state index contributed by atoms with van der Waals surface area (Å²) < 4.78 is 24.5. The lowest BCUT2D eigenvalue weighted by Crippen LogP contribution is -2.64. The quantitative estimate of drug-likeness (QED) is 0.245. The highest BCUT2D eigenvalue weighted by molar-refractivity contribution is 7.92. The van der Waals surface area contributed by atoms with Crippen LogP contribution in [-0.4, -0.2) is 107 Å². The molecular formula is C38H58N6O6S. The monoisotopic (exact) mass is 726 g/mol. The maximum atomic E-state index is 14.3. The van der Waals surface area contributed by atoms with Gasteiger partial charge in [-0.25, -0.2) is 13.2 Å². The van der Waals surface area contributed by atoms with E-state index >= 15 is 0 Å². The third-order valence-corrected chi connectivity index (χ3v) is 12.7. The number of nitrogens with one attached hydrogen (secondary N) is 3. The van der Waals surface area contributed by atoms with Gasteiger partial charge in [0.1, 0.15) is 6.04 Å². The summed E-state index contributed by atoms with van der Waals surface area (Å²) in [5.41, 5.74) is 1.24. The van der Waals surface area contributed by atoms with Crippen LogP contribution in [0.3, 0.4) is 0 Å². The Balaban J connectivity index is 1.60. The SMILES string of the molecule is CN(Cc1ccncc1)C(=O)NC(C(=O)NC(Cc1ccccc1)C(O)CN1CC2CCCCC2CC1C(=O)NC(C)(C)C)C(C)(C)S(C)(=O)=O. The number of carbonyl (C=O) groups is 3. The summed E-state index contributed by atoms with van der Waals surface area (Å²) in [5, 5.41) is 20.7. The van der Waals surface area contributed by atoms with Gasteiger partial charge in [0.2, 0.25) is 11.8 Å². The first-order valence-electron chi connectivity index (χ1n) is 18.0. The number of amides is 4. The highest BCUT2D eigenvalue weighted by Gasteiger charge is 2.46. The zero-order valence-corrected chi connectivity index (χ0v) is 32.1. The molecule has 1 aromatic heterocycles. The fourth-order valence-electron chi connectivity index (χ4n) is 7.25. The second kappa shape index (κ2) is 16.9. The van der Waals surface area contributed by atoms with Gasteiger partial charge in [-0.2, -0.15) is 0 Å². The van der Waals surface area contributed by atoms with Gasteiger partial charge in [0.25, 0.3) is 0 Å². The summed E-state index contributed by atoms with van der Waals surface area (Å²) in [6.45, 7) is 9.67. The molecule has 6 unspecified atom stereocenters. The van der Waals surface area contributed by atoms with Crippen molar-refractivity contribution >= 4 is 27.7 Å². The second-order valence-corrected chi connectivity index (χ2v) is 18.7. The van der Waals surface area contributed by atoms with Crippen LogP contribution >= 0.6 is 0 Å². The van der Waals surface area contributed by atoms with E-state index in [0.717, 1.165) is 43.1 Å². The average Bonchev–Trinajstić information content (AvgIpc) is 3.05. The summed E-state index contributed by atoms with van der Waals surface area (Å²) in [6.07, 6.45) is 8.55. The molecule has 1 saturated heterocycles. The van der Waals surface area contributed by atoms with Crippen LogP contribution in [0.25, 0.3) is 0 Å². The summed E-state index contributed by atoms with van der Waals surface area (Å²) in [7, 11) is -2.32. The van der Waals surface area contributed by atoms with E-state index in [1.165, 1.54) is 18.7 Å². The number of fused-ring (bicyclic) bond motifs is 1. The van der Waals surface area contributed by atoms with Gasteiger partial charge in [0.15, 0.2) is 9.84 Å². The van der Waals surface area contributed by atoms with Crippen LogP contribution < -0.4 is 16.0 Å². The van der Waals surface area contributed by atoms with Gasteiger partial charge < -0.3 is 26.0 Å². The topological polar surface area (TPSA) is 161 Å². The van der Waals surface area contributed by atoms with E-state index in [4.69, 9.17) is 0 Å². The molecule has 0 spiro atoms. The molecule has 2 fully saturated rings. The summed E-state index contributed by atoms with van der Waals surface area (Å²) in [4.78, 5) is 48.8. The predicted octanol–water partition coefficient (Wildman–Crippen LogP) is 3.30. The first-order chi connectivity index (χ1) is 23.9. The molecule has 1 aliphatic heterocycles. The molecule has 2 aromatic rings. The van der Waals surface area contributed by atoms with E-state index in [2.05, 4.69) is 25.8 Å². The number of carbonyl (C=O) groups excluding carboxylic acids is 3. The minimum atomic E-state index is -3.88. The van der Waals surface area contributed by atoms with Crippen LogP contribution in [0.4, 0.5) is 4.79 Å². The molecule has 12 nitrogen and oxygen atoms in total. The molecule has 1 aliphatic carbocycles. The Hall–Kier alpha value is -3.55. The molecule has 2 heterocycles. The van der Waals surface area contributed by atoms with Gasteiger partial charge in [-0.1, -0.05) is 49.6 Å². The molecule has 1 saturated carbocycles. The van der Waals surface area contributed by atoms with Crippen molar-refractivity contribution in [1.82, 2.24) is 30.7 Å². The lowest BCUT2D eigenvalue weighted by Gasteiger charge is -2.47. The summed E-state index contributed by atoms with van der Waals surface area (Å²) in [5.74, 6) is 0.0630. The molecular weight excluding hydrogens is 669 g/mol. The maximum absolute atomic E-state index is 14.3. The van der Waals surface area contributed by atoms with Crippen LogP contribution in [0.5, 0.6) is 0 Å². The molecule has 4 N–H and O–H groups in total. The lowest BCUT2D eigenvalue weighted by atomic mass is 9.72. The van der Waals surface area contributed by atoms with Gasteiger partial charge in [-0.3, -0.25) is 19.5 Å². The number of rotatable bonds is 13. The Morgan fingerprint density at radius 3 is 2.20 bits per heavy atom. The number of pyridine rings is 1. The summed E-state index contributed by atoms with van der Waals surface area (Å²) in [6, 6.07) is 9.52. The van der Waals surface area contributed by atoms with Gasteiger partial charge in [0.05, 0.1) is 22.9 Å². The fourth-order valence-corrected chi connectivity index (χ4v) is 7.84. The number of sulfone groups is 1. The molecule has 4 rings (SSSR count). The Bertz CT molecular complexity index is 1580. The van der Waals surface area contributed by atoms with Crippen LogP contribution in [0.15, 0.2) is 54.9 Å². The largest absolute Gasteiger partial charge is 0.390 e. The molecule has 282 valence electrons. The lowest BCUT2D eigenvalue weighted by molar-refractivity contribution is -0.133. The van der Waals surface area contributed by atoms with Crippen molar-refractivity contribution in [3.8, 4) is 0 Å². The van der Waals surface area contributed by atoms with E-state index in [0.29, 0.717) is 24.8 Å². The van der Waals surface area contributed by atoms with Gasteiger partial charge in [-0.15, -0.1) is 0 Å². The van der Waals surface area contributed by atoms with E-state index < -0.39 is 56.3 Å². The number of urea groups is 1. The first kappa shape index (κ1) is 40.2. The minimum absolute atomic E-state index is 0.0732. The normalized spacial score (nSPS) is 21.8. The fraction of sp³-hybridized carbons (Fsp3) is 0.632. The second-order valence-electron chi connectivity index (χ2n) is 16.1. The van der Waals surface area contributed by atoms with Crippen molar-refractivity contribution in [3.63, 3.8) is 0 Å². The van der Waals surface area contributed by atoms with Crippen molar-refractivity contribution in [2.24, 2.45) is 11.8 Å². The number of piperidine rings is 1. The van der Waals surface area contributed by atoms with E-state index in [-0.39, 0.29) is 25.4 Å². The Kier molecular flexibility index (Phi) is 13.3. The van der Waals surface area contributed by atoms with E-state index in [1.807, 2.05) is 51.1 Å². The number of nitrogens with zero attached hydrogens (tertiary/aromatic N) is 3. The van der Waals surface area contributed by atoms with Crippen LogP contribution in [-0.2, 0) is 32.4 Å². The molecule has 0 bridgehead atoms. The molecule has 4 amide bonds. The number of aromatic nitrogens is 1. The molecule has 2 aliphatic rings. The summed E-state index contributed by atoms with van der Waals surface area (Å²) >= 11 is 0. The van der Waals surface area contributed by atoms with Crippen molar-refractivity contribution in [2.45, 2.75) is 114 Å². The number of hydrogen-bond donors (Lipinski definition) is 4. The third-order valence-electron chi connectivity index (χ3n) is 10.5. The zero-order valence-electron chi connectivity index (χ0n) is 31.3. The highest BCUT2D eigenvalue weighted by Crippen LogP contribution is 2.39. The Morgan fingerprint density at radius 1 is 0.961 bits per heavy atom. The minimum Gasteiger partial charge on any atom is -0.390 e. The molecule has 0 radical (unpaired) electrons. The van der Waals surface area contributed by atoms with Gasteiger partial charge in [-0.05, 0) is 89.0 Å². The number of β-amino-alcohol motifs (C(OH)–C–C–N with tert-alkyl or cyclic N) is 1. The molecule has 13 heteroatoms. The number of aliphatic hydroxyl groups excluding tert-OH is 1. The van der Waals surface area contributed by atoms with Gasteiger partial charge >= 0.3 is 6.03 Å².